The molecule has 1 aliphatic rings. The van der Waals surface area contributed by atoms with E-state index in [0.717, 1.165) is 0 Å². The fourth-order valence-corrected chi connectivity index (χ4v) is 3.96. The second kappa shape index (κ2) is 5.95. The van der Waals surface area contributed by atoms with E-state index in [1.807, 2.05) is 0 Å². The Labute approximate surface area is 123 Å². The molecule has 2 rings (SSSR count). The number of benzene rings is 1. The van der Waals surface area contributed by atoms with Crippen LogP contribution >= 0.6 is 0 Å². The van der Waals surface area contributed by atoms with Gasteiger partial charge in [-0.05, 0) is 31.9 Å². The molecule has 0 spiro atoms. The second-order valence-corrected chi connectivity index (χ2v) is 7.06. The molecule has 1 N–H and O–H groups in total. The number of hydrogen-bond donors (Lipinski definition) is 1. The summed E-state index contributed by atoms with van der Waals surface area (Å²) >= 11 is 0. The third kappa shape index (κ3) is 3.30. The topological polar surface area (TPSA) is 91.8 Å². The maximum atomic E-state index is 12.6. The Kier molecular flexibility index (Phi) is 4.43. The number of ketones is 1. The summed E-state index contributed by atoms with van der Waals surface area (Å²) in [6.07, 6.45) is 0.997. The zero-order valence-corrected chi connectivity index (χ0v) is 12.5. The number of piperidine rings is 1. The van der Waals surface area contributed by atoms with Crippen LogP contribution in [0.5, 0.6) is 0 Å². The van der Waals surface area contributed by atoms with Gasteiger partial charge in [-0.25, -0.2) is 8.42 Å². The van der Waals surface area contributed by atoms with Crippen LogP contribution in [0.25, 0.3) is 0 Å². The van der Waals surface area contributed by atoms with Crippen molar-refractivity contribution in [3.63, 3.8) is 0 Å². The highest BCUT2D eigenvalue weighted by Gasteiger charge is 2.33. The van der Waals surface area contributed by atoms with Gasteiger partial charge in [-0.2, -0.15) is 4.31 Å². The molecule has 0 aromatic heterocycles. The predicted octanol–water partition coefficient (Wildman–Crippen LogP) is 1.37. The monoisotopic (exact) mass is 311 g/mol. The molecule has 1 heterocycles. The molecule has 1 aliphatic heterocycles. The zero-order valence-electron chi connectivity index (χ0n) is 11.7. The highest BCUT2D eigenvalue weighted by Crippen LogP contribution is 2.24. The van der Waals surface area contributed by atoms with E-state index in [0.29, 0.717) is 24.9 Å². The van der Waals surface area contributed by atoms with Gasteiger partial charge in [-0.15, -0.1) is 0 Å². The van der Waals surface area contributed by atoms with Crippen molar-refractivity contribution in [2.45, 2.75) is 24.7 Å². The molecule has 1 saturated heterocycles. The first-order valence-corrected chi connectivity index (χ1v) is 8.10. The highest BCUT2D eigenvalue weighted by molar-refractivity contribution is 7.89. The molecular formula is C14H17NO5S. The van der Waals surface area contributed by atoms with Crippen molar-refractivity contribution in [2.24, 2.45) is 5.92 Å². The number of carboxylic acid groups (broad SMARTS) is 1. The van der Waals surface area contributed by atoms with E-state index in [-0.39, 0.29) is 17.2 Å². The zero-order chi connectivity index (χ0) is 15.6. The molecule has 114 valence electrons. The number of sulfonamides is 1. The number of aliphatic carboxylic acids is 1. The minimum atomic E-state index is -3.77. The molecule has 0 radical (unpaired) electrons. The Bertz CT molecular complexity index is 668. The summed E-state index contributed by atoms with van der Waals surface area (Å²) < 4.78 is 26.3. The Morgan fingerprint density at radius 3 is 2.67 bits per heavy atom. The molecule has 0 aliphatic carbocycles. The average Bonchev–Trinajstić information content (AvgIpc) is 2.47. The summed E-state index contributed by atoms with van der Waals surface area (Å²) in [5, 5.41) is 9.04. The molecular weight excluding hydrogens is 294 g/mol. The Morgan fingerprint density at radius 2 is 2.05 bits per heavy atom. The number of hydrogen-bond acceptors (Lipinski definition) is 4. The maximum Gasteiger partial charge on any atom is 0.307 e. The summed E-state index contributed by atoms with van der Waals surface area (Å²) in [5.74, 6) is -1.87. The fourth-order valence-electron chi connectivity index (χ4n) is 2.39. The van der Waals surface area contributed by atoms with E-state index in [1.54, 1.807) is 6.07 Å². The first kappa shape index (κ1) is 15.7. The average molecular weight is 311 g/mol. The smallest absolute Gasteiger partial charge is 0.307 e. The van der Waals surface area contributed by atoms with Crippen molar-refractivity contribution in [2.75, 3.05) is 13.1 Å². The Hall–Kier alpha value is -1.73. The van der Waals surface area contributed by atoms with Crippen LogP contribution in [0.4, 0.5) is 0 Å². The lowest BCUT2D eigenvalue weighted by atomic mass is 10.0. The van der Waals surface area contributed by atoms with Gasteiger partial charge in [0, 0.05) is 18.7 Å². The maximum absolute atomic E-state index is 12.6. The largest absolute Gasteiger partial charge is 0.481 e. The van der Waals surface area contributed by atoms with Gasteiger partial charge in [0.25, 0.3) is 0 Å². The highest BCUT2D eigenvalue weighted by atomic mass is 32.2. The van der Waals surface area contributed by atoms with E-state index in [4.69, 9.17) is 5.11 Å². The van der Waals surface area contributed by atoms with Crippen molar-refractivity contribution >= 4 is 21.8 Å². The minimum Gasteiger partial charge on any atom is -0.481 e. The first-order chi connectivity index (χ1) is 9.82. The van der Waals surface area contributed by atoms with Gasteiger partial charge in [-0.3, -0.25) is 9.59 Å². The van der Waals surface area contributed by atoms with Gasteiger partial charge in [0.15, 0.2) is 5.78 Å². The number of carboxylic acids is 1. The summed E-state index contributed by atoms with van der Waals surface area (Å²) in [4.78, 5) is 22.4. The molecule has 1 aromatic rings. The lowest BCUT2D eigenvalue weighted by Gasteiger charge is -2.29. The molecule has 21 heavy (non-hydrogen) atoms. The van der Waals surface area contributed by atoms with Gasteiger partial charge in [-0.1, -0.05) is 12.1 Å². The van der Waals surface area contributed by atoms with Crippen molar-refractivity contribution in [1.29, 1.82) is 0 Å². The second-order valence-electron chi connectivity index (χ2n) is 5.12. The van der Waals surface area contributed by atoms with E-state index in [1.165, 1.54) is 29.4 Å². The lowest BCUT2D eigenvalue weighted by molar-refractivity contribution is -0.142. The van der Waals surface area contributed by atoms with Gasteiger partial charge < -0.3 is 5.11 Å². The quantitative estimate of drug-likeness (QED) is 0.848. The van der Waals surface area contributed by atoms with Gasteiger partial charge in [0.05, 0.1) is 10.8 Å². The normalized spacial score (nSPS) is 20.1. The number of rotatable bonds is 4. The van der Waals surface area contributed by atoms with Gasteiger partial charge in [0.1, 0.15) is 0 Å². The van der Waals surface area contributed by atoms with Crippen LogP contribution in [0.1, 0.15) is 30.1 Å². The summed E-state index contributed by atoms with van der Waals surface area (Å²) in [7, 11) is -3.77. The van der Waals surface area contributed by atoms with Crippen LogP contribution in [0.3, 0.4) is 0 Å². The van der Waals surface area contributed by atoms with E-state index in [9.17, 15) is 18.0 Å². The number of nitrogens with zero attached hydrogens (tertiary/aromatic N) is 1. The molecule has 1 aromatic carbocycles. The predicted molar refractivity (Wildman–Crippen MR) is 75.6 cm³/mol. The Morgan fingerprint density at radius 1 is 1.33 bits per heavy atom. The molecule has 0 bridgehead atoms. The number of carbonyl (C=O) groups is 2. The standard InChI is InChI=1S/C14H17NO5S/c1-10(16)11-4-2-6-13(8-11)21(19,20)15-7-3-5-12(9-15)14(17)18/h2,4,6,8,12H,3,5,7,9H2,1H3,(H,17,18)/t12-/m1/s1. The molecule has 0 amide bonds. The van der Waals surface area contributed by atoms with Crippen LogP contribution < -0.4 is 0 Å². The van der Waals surface area contributed by atoms with E-state index in [2.05, 4.69) is 0 Å². The first-order valence-electron chi connectivity index (χ1n) is 6.66. The molecule has 0 unspecified atom stereocenters. The number of carbonyl (C=O) groups excluding carboxylic acids is 1. The van der Waals surface area contributed by atoms with Crippen LogP contribution in [0, 0.1) is 5.92 Å². The lowest BCUT2D eigenvalue weighted by Crippen LogP contribution is -2.42. The van der Waals surface area contributed by atoms with Gasteiger partial charge >= 0.3 is 5.97 Å². The fraction of sp³-hybridized carbons (Fsp3) is 0.429. The van der Waals surface area contributed by atoms with Gasteiger partial charge in [0.2, 0.25) is 10.0 Å². The molecule has 1 atom stereocenters. The van der Waals surface area contributed by atoms with Crippen LogP contribution in [-0.4, -0.2) is 42.7 Å². The summed E-state index contributed by atoms with van der Waals surface area (Å²) in [6, 6.07) is 5.83. The van der Waals surface area contributed by atoms with Crippen molar-refractivity contribution in [3.8, 4) is 0 Å². The van der Waals surface area contributed by atoms with E-state index < -0.39 is 21.9 Å². The minimum absolute atomic E-state index is 0.0258. The van der Waals surface area contributed by atoms with Crippen LogP contribution in [-0.2, 0) is 14.8 Å². The summed E-state index contributed by atoms with van der Waals surface area (Å²) in [5.41, 5.74) is 0.322. The Balaban J connectivity index is 2.31. The molecule has 6 nitrogen and oxygen atoms in total. The van der Waals surface area contributed by atoms with Crippen LogP contribution in [0.2, 0.25) is 0 Å². The third-order valence-corrected chi connectivity index (χ3v) is 5.47. The number of Topliss-reactive ketones (excluding diaryl/α,β-unsaturated/α-hetero) is 1. The summed E-state index contributed by atoms with van der Waals surface area (Å²) in [6.45, 7) is 1.64. The van der Waals surface area contributed by atoms with Crippen molar-refractivity contribution < 1.29 is 23.1 Å². The molecule has 0 saturated carbocycles. The van der Waals surface area contributed by atoms with E-state index >= 15 is 0 Å². The molecule has 7 heteroatoms. The van der Waals surface area contributed by atoms with Crippen LogP contribution in [0.15, 0.2) is 29.2 Å². The third-order valence-electron chi connectivity index (χ3n) is 3.61. The van der Waals surface area contributed by atoms with Crippen molar-refractivity contribution in [1.82, 2.24) is 4.31 Å². The SMILES string of the molecule is CC(=O)c1cccc(S(=O)(=O)N2CCC[C@@H](C(=O)O)C2)c1. The van der Waals surface area contributed by atoms with Crippen molar-refractivity contribution in [3.05, 3.63) is 29.8 Å². The molecule has 1 fully saturated rings.